The van der Waals surface area contributed by atoms with Crippen LogP contribution in [0, 0.1) is 5.41 Å². The molecule has 1 fully saturated rings. The summed E-state index contributed by atoms with van der Waals surface area (Å²) in [7, 11) is 0. The van der Waals surface area contributed by atoms with Gasteiger partial charge >= 0.3 is 0 Å². The molecule has 0 saturated heterocycles. The van der Waals surface area contributed by atoms with Crippen LogP contribution >= 0.6 is 12.2 Å². The molecule has 1 aliphatic rings. The zero-order valence-corrected chi connectivity index (χ0v) is 9.62. The monoisotopic (exact) mass is 214 g/mol. The van der Waals surface area contributed by atoms with Crippen molar-refractivity contribution >= 4 is 23.1 Å². The van der Waals surface area contributed by atoms with Gasteiger partial charge in [-0.05, 0) is 26.7 Å². The second kappa shape index (κ2) is 4.26. The van der Waals surface area contributed by atoms with Crippen molar-refractivity contribution in [2.24, 2.45) is 11.1 Å². The summed E-state index contributed by atoms with van der Waals surface area (Å²) in [6, 6.07) is 0.330. The average molecular weight is 214 g/mol. The van der Waals surface area contributed by atoms with E-state index in [0.717, 1.165) is 12.8 Å². The van der Waals surface area contributed by atoms with E-state index in [-0.39, 0.29) is 10.9 Å². The summed E-state index contributed by atoms with van der Waals surface area (Å²) < 4.78 is 0. The highest BCUT2D eigenvalue weighted by Gasteiger charge is 2.32. The normalized spacial score (nSPS) is 18.1. The molecule has 3 nitrogen and oxygen atoms in total. The fraction of sp³-hybridized carbons (Fsp3) is 0.800. The van der Waals surface area contributed by atoms with E-state index in [0.29, 0.717) is 6.04 Å². The Labute approximate surface area is 90.4 Å². The zero-order valence-electron chi connectivity index (χ0n) is 8.80. The summed E-state index contributed by atoms with van der Waals surface area (Å²) in [4.78, 5) is 12.0. The van der Waals surface area contributed by atoms with Crippen LogP contribution in [0.1, 0.15) is 39.5 Å². The van der Waals surface area contributed by atoms with Gasteiger partial charge in [0.05, 0.1) is 10.4 Å². The summed E-state index contributed by atoms with van der Waals surface area (Å²) in [6.45, 7) is 3.53. The van der Waals surface area contributed by atoms with Gasteiger partial charge in [0.1, 0.15) is 0 Å². The van der Waals surface area contributed by atoms with Gasteiger partial charge in [0.2, 0.25) is 5.91 Å². The standard InChI is InChI=1S/C10H18N2OS/c1-10(2,8(11)14)9(13)12-7-5-3-4-6-7/h7H,3-6H2,1-2H3,(H2,11,14)(H,12,13). The first-order valence-corrected chi connectivity index (χ1v) is 5.46. The Hall–Kier alpha value is -0.640. The van der Waals surface area contributed by atoms with Gasteiger partial charge in [0.25, 0.3) is 0 Å². The lowest BCUT2D eigenvalue weighted by atomic mass is 9.92. The molecular formula is C10H18N2OS. The highest BCUT2D eigenvalue weighted by Crippen LogP contribution is 2.21. The Morgan fingerprint density at radius 2 is 1.93 bits per heavy atom. The zero-order chi connectivity index (χ0) is 10.8. The van der Waals surface area contributed by atoms with E-state index in [2.05, 4.69) is 5.32 Å². The first-order chi connectivity index (χ1) is 6.44. The molecule has 4 heteroatoms. The van der Waals surface area contributed by atoms with Crippen LogP contribution in [-0.4, -0.2) is 16.9 Å². The van der Waals surface area contributed by atoms with Crippen LogP contribution < -0.4 is 11.1 Å². The quantitative estimate of drug-likeness (QED) is 0.697. The van der Waals surface area contributed by atoms with E-state index in [9.17, 15) is 4.79 Å². The van der Waals surface area contributed by atoms with Crippen LogP contribution in [0.15, 0.2) is 0 Å². The second-order valence-corrected chi connectivity index (χ2v) is 4.88. The summed E-state index contributed by atoms with van der Waals surface area (Å²) in [5.41, 5.74) is 4.79. The smallest absolute Gasteiger partial charge is 0.232 e. The first-order valence-electron chi connectivity index (χ1n) is 5.05. The lowest BCUT2D eigenvalue weighted by Crippen LogP contribution is -2.47. The molecule has 1 saturated carbocycles. The molecule has 0 aliphatic heterocycles. The fourth-order valence-electron chi connectivity index (χ4n) is 1.55. The van der Waals surface area contributed by atoms with Crippen LogP contribution in [-0.2, 0) is 4.79 Å². The van der Waals surface area contributed by atoms with E-state index in [1.807, 2.05) is 0 Å². The van der Waals surface area contributed by atoms with E-state index >= 15 is 0 Å². The van der Waals surface area contributed by atoms with Gasteiger partial charge in [0.15, 0.2) is 0 Å². The Balaban J connectivity index is 2.52. The highest BCUT2D eigenvalue weighted by molar-refractivity contribution is 7.80. The Morgan fingerprint density at radius 3 is 2.36 bits per heavy atom. The first kappa shape index (κ1) is 11.4. The van der Waals surface area contributed by atoms with Gasteiger partial charge in [-0.15, -0.1) is 0 Å². The van der Waals surface area contributed by atoms with Crippen molar-refractivity contribution in [2.75, 3.05) is 0 Å². The van der Waals surface area contributed by atoms with Gasteiger partial charge in [-0.2, -0.15) is 0 Å². The predicted octanol–water partition coefficient (Wildman–Crippen LogP) is 1.36. The number of carbonyl (C=O) groups is 1. The number of hydrogen-bond donors (Lipinski definition) is 2. The van der Waals surface area contributed by atoms with Crippen molar-refractivity contribution in [3.8, 4) is 0 Å². The summed E-state index contributed by atoms with van der Waals surface area (Å²) in [5.74, 6) is -0.0445. The largest absolute Gasteiger partial charge is 0.392 e. The number of rotatable bonds is 3. The highest BCUT2D eigenvalue weighted by atomic mass is 32.1. The Kier molecular flexibility index (Phi) is 3.48. The number of nitrogens with two attached hydrogens (primary N) is 1. The molecule has 0 atom stereocenters. The Morgan fingerprint density at radius 1 is 1.43 bits per heavy atom. The maximum absolute atomic E-state index is 11.8. The number of hydrogen-bond acceptors (Lipinski definition) is 2. The number of thiocarbonyl (C=S) groups is 1. The third-order valence-corrected chi connectivity index (χ3v) is 3.38. The Bertz CT molecular complexity index is 245. The molecule has 3 N–H and O–H groups in total. The molecule has 0 spiro atoms. The molecule has 0 heterocycles. The molecular weight excluding hydrogens is 196 g/mol. The van der Waals surface area contributed by atoms with E-state index in [4.69, 9.17) is 18.0 Å². The molecule has 14 heavy (non-hydrogen) atoms. The molecule has 0 unspecified atom stereocenters. The second-order valence-electron chi connectivity index (χ2n) is 4.44. The maximum atomic E-state index is 11.8. The van der Waals surface area contributed by atoms with Crippen molar-refractivity contribution in [3.05, 3.63) is 0 Å². The van der Waals surface area contributed by atoms with Crippen molar-refractivity contribution < 1.29 is 4.79 Å². The van der Waals surface area contributed by atoms with Crippen LogP contribution in [0.3, 0.4) is 0 Å². The average Bonchev–Trinajstić information content (AvgIpc) is 2.56. The lowest BCUT2D eigenvalue weighted by Gasteiger charge is -2.24. The molecule has 0 radical (unpaired) electrons. The van der Waals surface area contributed by atoms with Gasteiger partial charge in [-0.3, -0.25) is 4.79 Å². The minimum Gasteiger partial charge on any atom is -0.392 e. The summed E-state index contributed by atoms with van der Waals surface area (Å²) in [6.07, 6.45) is 4.58. The van der Waals surface area contributed by atoms with Gasteiger partial charge < -0.3 is 11.1 Å². The molecule has 0 bridgehead atoms. The van der Waals surface area contributed by atoms with Crippen molar-refractivity contribution in [1.82, 2.24) is 5.32 Å². The van der Waals surface area contributed by atoms with Crippen molar-refractivity contribution in [3.63, 3.8) is 0 Å². The lowest BCUT2D eigenvalue weighted by molar-refractivity contribution is -0.126. The predicted molar refractivity (Wildman–Crippen MR) is 61.0 cm³/mol. The van der Waals surface area contributed by atoms with Crippen LogP contribution in [0.4, 0.5) is 0 Å². The van der Waals surface area contributed by atoms with Crippen LogP contribution in [0.25, 0.3) is 0 Å². The number of amides is 1. The van der Waals surface area contributed by atoms with Gasteiger partial charge in [0, 0.05) is 6.04 Å². The maximum Gasteiger partial charge on any atom is 0.232 e. The molecule has 0 aromatic rings. The topological polar surface area (TPSA) is 55.1 Å². The fourth-order valence-corrected chi connectivity index (χ4v) is 1.64. The van der Waals surface area contributed by atoms with Crippen molar-refractivity contribution in [2.45, 2.75) is 45.6 Å². The third kappa shape index (κ3) is 2.44. The number of carbonyl (C=O) groups excluding carboxylic acids is 1. The summed E-state index contributed by atoms with van der Waals surface area (Å²) in [5, 5.41) is 2.99. The number of nitrogens with one attached hydrogen (secondary N) is 1. The van der Waals surface area contributed by atoms with Gasteiger partial charge in [-0.1, -0.05) is 25.1 Å². The molecule has 80 valence electrons. The van der Waals surface area contributed by atoms with E-state index in [1.165, 1.54) is 12.8 Å². The molecule has 0 aromatic carbocycles. The minimum absolute atomic E-state index is 0.0445. The van der Waals surface area contributed by atoms with Gasteiger partial charge in [-0.25, -0.2) is 0 Å². The molecule has 1 rings (SSSR count). The molecule has 0 aromatic heterocycles. The SMILES string of the molecule is CC(C)(C(=O)NC1CCCC1)C(N)=S. The van der Waals surface area contributed by atoms with E-state index < -0.39 is 5.41 Å². The molecule has 1 amide bonds. The third-order valence-electron chi connectivity index (χ3n) is 2.87. The van der Waals surface area contributed by atoms with E-state index in [1.54, 1.807) is 13.8 Å². The molecule has 1 aliphatic carbocycles. The van der Waals surface area contributed by atoms with Crippen LogP contribution in [0.5, 0.6) is 0 Å². The minimum atomic E-state index is -0.724. The van der Waals surface area contributed by atoms with Crippen LogP contribution in [0.2, 0.25) is 0 Å². The summed E-state index contributed by atoms with van der Waals surface area (Å²) >= 11 is 4.87. The van der Waals surface area contributed by atoms with Crippen molar-refractivity contribution in [1.29, 1.82) is 0 Å².